The topological polar surface area (TPSA) is 106 Å². The molecule has 11 heteroatoms. The molecule has 0 spiro atoms. The van der Waals surface area contributed by atoms with Crippen molar-refractivity contribution in [3.05, 3.63) is 71.3 Å². The Morgan fingerprint density at radius 3 is 2.61 bits per heavy atom. The number of rotatable bonds is 10. The number of likely N-dealkylation sites (tertiary alicyclic amines) is 1. The summed E-state index contributed by atoms with van der Waals surface area (Å²) in [6.07, 6.45) is 11.3. The molecule has 0 bridgehead atoms. The molecule has 0 amide bonds. The summed E-state index contributed by atoms with van der Waals surface area (Å²) in [5.41, 5.74) is 3.48. The lowest BCUT2D eigenvalue weighted by atomic mass is 9.89. The van der Waals surface area contributed by atoms with E-state index in [1.165, 1.54) is 40.7 Å². The van der Waals surface area contributed by atoms with Crippen LogP contribution in [0.3, 0.4) is 0 Å². The molecule has 0 radical (unpaired) electrons. The first kappa shape index (κ1) is 30.9. The van der Waals surface area contributed by atoms with E-state index in [1.54, 1.807) is 21.8 Å². The molecule has 11 nitrogen and oxygen atoms in total. The molecule has 1 aromatic carbocycles. The van der Waals surface area contributed by atoms with E-state index in [-0.39, 0.29) is 18.1 Å². The molecule has 4 aromatic rings. The third-order valence-corrected chi connectivity index (χ3v) is 8.50. The van der Waals surface area contributed by atoms with Crippen molar-refractivity contribution in [1.29, 1.82) is 0 Å². The summed E-state index contributed by atoms with van der Waals surface area (Å²) in [6.45, 7) is 14.8. The zero-order valence-electron chi connectivity index (χ0n) is 26.6. The van der Waals surface area contributed by atoms with Gasteiger partial charge >= 0.3 is 0 Å². The molecule has 1 aliphatic rings. The molecule has 1 saturated heterocycles. The smallest absolute Gasteiger partial charge is 0.278 e. The molecule has 4 heterocycles. The molecule has 0 unspecified atom stereocenters. The van der Waals surface area contributed by atoms with Crippen LogP contribution in [0.4, 0.5) is 11.6 Å². The molecule has 1 fully saturated rings. The molecule has 0 aliphatic carbocycles. The van der Waals surface area contributed by atoms with Crippen LogP contribution in [-0.2, 0) is 18.4 Å². The van der Waals surface area contributed by atoms with Crippen LogP contribution in [-0.4, -0.2) is 78.2 Å². The molecule has 1 N–H and O–H groups in total. The normalized spacial score (nSPS) is 15.3. The van der Waals surface area contributed by atoms with E-state index in [9.17, 15) is 9.59 Å². The van der Waals surface area contributed by atoms with Crippen molar-refractivity contribution in [1.82, 2.24) is 33.8 Å². The fourth-order valence-electron chi connectivity index (χ4n) is 5.83. The molecule has 1 aliphatic heterocycles. The van der Waals surface area contributed by atoms with E-state index >= 15 is 0 Å². The number of piperidine rings is 1. The van der Waals surface area contributed by atoms with Gasteiger partial charge in [0.05, 0.1) is 12.1 Å². The maximum atomic E-state index is 13.4. The number of nitrogens with one attached hydrogen (secondary N) is 1. The molecule has 232 valence electrons. The number of hydrogen-bond donors (Lipinski definition) is 1. The summed E-state index contributed by atoms with van der Waals surface area (Å²) in [5, 5.41) is 11.4. The highest BCUT2D eigenvalue weighted by Gasteiger charge is 2.25. The standard InChI is InChI=1S/C33H43N9O2/c1-8-15-41-32(44)27-20-34-33(36-31(27)42(41)30(10-9-18-43)37-39(7)22(2)3)35-25-11-12-26-28(21-38(6)29(26)19-25)24-13-16-40(17-14-24)23(4)5/h8-12,18-24H,1,13-17H2,2-7H3,(H,34,35,36)/b10-9-,37-30+. The van der Waals surface area contributed by atoms with Gasteiger partial charge in [-0.05, 0) is 89.4 Å². The predicted molar refractivity (Wildman–Crippen MR) is 178 cm³/mol. The first-order valence-electron chi connectivity index (χ1n) is 15.3. The molecule has 44 heavy (non-hydrogen) atoms. The SMILES string of the molecule is C=CCn1c(=O)c2cnc(Nc3ccc4c(C5CCN(C(C)C)CC5)cn(C)c4c3)nc2n1C(/C=C\C=O)=N/N(C)C(C)C. The summed E-state index contributed by atoms with van der Waals surface area (Å²) in [5.74, 6) is 1.25. The Balaban J connectivity index is 1.51. The fourth-order valence-corrected chi connectivity index (χ4v) is 5.83. The summed E-state index contributed by atoms with van der Waals surface area (Å²) in [7, 11) is 3.92. The zero-order valence-corrected chi connectivity index (χ0v) is 26.6. The average Bonchev–Trinajstić information content (AvgIpc) is 3.48. The number of carbonyl (C=O) groups excluding carboxylic acids is 1. The van der Waals surface area contributed by atoms with Gasteiger partial charge < -0.3 is 14.8 Å². The molecule has 0 atom stereocenters. The highest BCUT2D eigenvalue weighted by atomic mass is 16.1. The Morgan fingerprint density at radius 2 is 1.95 bits per heavy atom. The van der Waals surface area contributed by atoms with Crippen LogP contribution in [0.2, 0.25) is 0 Å². The zero-order chi connectivity index (χ0) is 31.5. The Morgan fingerprint density at radius 1 is 1.20 bits per heavy atom. The Bertz CT molecular complexity index is 1780. The van der Waals surface area contributed by atoms with Crippen molar-refractivity contribution in [3.63, 3.8) is 0 Å². The van der Waals surface area contributed by atoms with Crippen LogP contribution in [0.1, 0.15) is 52.0 Å². The third kappa shape index (κ3) is 6.10. The summed E-state index contributed by atoms with van der Waals surface area (Å²) < 4.78 is 5.29. The second-order valence-corrected chi connectivity index (χ2v) is 12.0. The molecule has 0 saturated carbocycles. The van der Waals surface area contributed by atoms with Gasteiger partial charge in [-0.15, -0.1) is 6.58 Å². The highest BCUT2D eigenvalue weighted by molar-refractivity contribution is 6.01. The van der Waals surface area contributed by atoms with Crippen LogP contribution in [0.15, 0.2) is 65.3 Å². The van der Waals surface area contributed by atoms with Crippen LogP contribution in [0, 0.1) is 0 Å². The fraction of sp³-hybridized carbons (Fsp3) is 0.424. The van der Waals surface area contributed by atoms with E-state index in [0.29, 0.717) is 41.1 Å². The van der Waals surface area contributed by atoms with Crippen molar-refractivity contribution in [2.24, 2.45) is 12.1 Å². The Kier molecular flexibility index (Phi) is 9.14. The molecular weight excluding hydrogens is 554 g/mol. The number of hydrogen-bond acceptors (Lipinski definition) is 8. The monoisotopic (exact) mass is 597 g/mol. The predicted octanol–water partition coefficient (Wildman–Crippen LogP) is 4.86. The van der Waals surface area contributed by atoms with Crippen LogP contribution < -0.4 is 10.9 Å². The minimum absolute atomic E-state index is 0.0867. The van der Waals surface area contributed by atoms with Gasteiger partial charge in [-0.1, -0.05) is 12.1 Å². The molecular formula is C33H43N9O2. The number of carbonyl (C=O) groups is 1. The van der Waals surface area contributed by atoms with Crippen molar-refractivity contribution < 1.29 is 4.79 Å². The van der Waals surface area contributed by atoms with Crippen molar-refractivity contribution >= 4 is 45.7 Å². The summed E-state index contributed by atoms with van der Waals surface area (Å²) in [6, 6.07) is 7.01. The summed E-state index contributed by atoms with van der Waals surface area (Å²) in [4.78, 5) is 36.5. The van der Waals surface area contributed by atoms with E-state index < -0.39 is 0 Å². The van der Waals surface area contributed by atoms with E-state index in [4.69, 9.17) is 4.98 Å². The van der Waals surface area contributed by atoms with E-state index in [0.717, 1.165) is 24.3 Å². The number of nitrogens with zero attached hydrogens (tertiary/aromatic N) is 8. The first-order chi connectivity index (χ1) is 21.1. The lowest BCUT2D eigenvalue weighted by molar-refractivity contribution is -0.104. The average molecular weight is 598 g/mol. The second-order valence-electron chi connectivity index (χ2n) is 12.0. The van der Waals surface area contributed by atoms with Crippen LogP contribution in [0.25, 0.3) is 21.9 Å². The largest absolute Gasteiger partial charge is 0.350 e. The lowest BCUT2D eigenvalue weighted by Gasteiger charge is -2.34. The van der Waals surface area contributed by atoms with Gasteiger partial charge in [0.1, 0.15) is 11.7 Å². The van der Waals surface area contributed by atoms with Crippen molar-refractivity contribution in [2.75, 3.05) is 25.5 Å². The quantitative estimate of drug-likeness (QED) is 0.0695. The van der Waals surface area contributed by atoms with Gasteiger partial charge in [0.15, 0.2) is 11.5 Å². The number of benzene rings is 1. The Hall–Kier alpha value is -4.51. The number of hydrazone groups is 1. The molecule has 3 aromatic heterocycles. The van der Waals surface area contributed by atoms with Gasteiger partial charge in [0.2, 0.25) is 5.95 Å². The first-order valence-corrected chi connectivity index (χ1v) is 15.3. The minimum Gasteiger partial charge on any atom is -0.350 e. The van der Waals surface area contributed by atoms with Crippen molar-refractivity contribution in [2.45, 2.75) is 65.1 Å². The number of fused-ring (bicyclic) bond motifs is 2. The Labute approximate surface area is 258 Å². The third-order valence-electron chi connectivity index (χ3n) is 8.50. The van der Waals surface area contributed by atoms with Gasteiger partial charge in [0, 0.05) is 49.6 Å². The number of allylic oxidation sites excluding steroid dienone is 3. The summed E-state index contributed by atoms with van der Waals surface area (Å²) >= 11 is 0. The minimum atomic E-state index is -0.275. The second kappa shape index (κ2) is 13.0. The number of anilines is 2. The maximum Gasteiger partial charge on any atom is 0.278 e. The lowest BCUT2D eigenvalue weighted by Crippen LogP contribution is -2.37. The van der Waals surface area contributed by atoms with Crippen LogP contribution in [0.5, 0.6) is 0 Å². The van der Waals surface area contributed by atoms with E-state index in [1.807, 2.05) is 20.9 Å². The van der Waals surface area contributed by atoms with Gasteiger partial charge in [-0.2, -0.15) is 10.1 Å². The highest BCUT2D eigenvalue weighted by Crippen LogP contribution is 2.35. The van der Waals surface area contributed by atoms with Crippen molar-refractivity contribution in [3.8, 4) is 0 Å². The van der Waals surface area contributed by atoms with Gasteiger partial charge in [-0.25, -0.2) is 14.3 Å². The van der Waals surface area contributed by atoms with Crippen LogP contribution >= 0.6 is 0 Å². The number of aryl methyl sites for hydroxylation is 1. The van der Waals surface area contributed by atoms with Gasteiger partial charge in [0.25, 0.3) is 5.56 Å². The molecule has 5 rings (SSSR count). The number of aromatic nitrogens is 5. The van der Waals surface area contributed by atoms with E-state index in [2.05, 4.69) is 76.7 Å². The number of aldehydes is 1. The maximum absolute atomic E-state index is 13.4. The van der Waals surface area contributed by atoms with Gasteiger partial charge in [-0.3, -0.25) is 14.6 Å².